The predicted molar refractivity (Wildman–Crippen MR) is 106 cm³/mol. The van der Waals surface area contributed by atoms with E-state index in [-0.39, 0.29) is 5.56 Å². The summed E-state index contributed by atoms with van der Waals surface area (Å²) in [5.41, 5.74) is 8.92. The summed E-state index contributed by atoms with van der Waals surface area (Å²) in [6, 6.07) is 14.2. The van der Waals surface area contributed by atoms with Gasteiger partial charge in [0.05, 0.1) is 18.4 Å². The number of hydrogen-bond acceptors (Lipinski definition) is 4. The third-order valence-corrected chi connectivity index (χ3v) is 5.42. The normalized spacial score (nSPS) is 17.2. The van der Waals surface area contributed by atoms with E-state index in [2.05, 4.69) is 41.2 Å². The first-order valence-corrected chi connectivity index (χ1v) is 9.15. The molecule has 1 saturated heterocycles. The minimum absolute atomic E-state index is 0.0639. The number of aryl methyl sites for hydroxylation is 1. The Morgan fingerprint density at radius 2 is 2.08 bits per heavy atom. The molecule has 0 aliphatic carbocycles. The van der Waals surface area contributed by atoms with Crippen LogP contribution in [0.15, 0.2) is 53.5 Å². The molecule has 0 radical (unpaired) electrons. The Morgan fingerprint density at radius 3 is 2.85 bits per heavy atom. The van der Waals surface area contributed by atoms with E-state index in [1.807, 2.05) is 12.1 Å². The molecular formula is C21H24N4O. The van der Waals surface area contributed by atoms with Crippen molar-refractivity contribution in [1.82, 2.24) is 9.78 Å². The Bertz CT molecular complexity index is 995. The van der Waals surface area contributed by atoms with E-state index in [0.717, 1.165) is 30.8 Å². The van der Waals surface area contributed by atoms with Gasteiger partial charge in [-0.3, -0.25) is 4.79 Å². The molecule has 134 valence electrons. The molecule has 0 spiro atoms. The van der Waals surface area contributed by atoms with E-state index in [1.165, 1.54) is 16.3 Å². The summed E-state index contributed by atoms with van der Waals surface area (Å²) < 4.78 is 1.55. The van der Waals surface area contributed by atoms with Crippen LogP contribution in [0.4, 0.5) is 5.69 Å². The molecule has 1 aliphatic rings. The number of rotatable bonds is 4. The molecule has 0 amide bonds. The Balaban J connectivity index is 1.64. The zero-order valence-electron chi connectivity index (χ0n) is 15.1. The largest absolute Gasteiger partial charge is 0.370 e. The molecule has 1 fully saturated rings. The molecule has 2 aromatic carbocycles. The van der Waals surface area contributed by atoms with Crippen molar-refractivity contribution < 1.29 is 0 Å². The van der Waals surface area contributed by atoms with Crippen LogP contribution in [0.1, 0.15) is 17.5 Å². The maximum absolute atomic E-state index is 12.6. The lowest BCUT2D eigenvalue weighted by molar-refractivity contribution is 0.601. The van der Waals surface area contributed by atoms with E-state index in [1.54, 1.807) is 16.9 Å². The first-order valence-electron chi connectivity index (χ1n) is 9.15. The maximum atomic E-state index is 12.6. The van der Waals surface area contributed by atoms with E-state index in [0.29, 0.717) is 19.0 Å². The summed E-state index contributed by atoms with van der Waals surface area (Å²) in [7, 11) is 0. The monoisotopic (exact) mass is 348 g/mol. The van der Waals surface area contributed by atoms with Crippen molar-refractivity contribution in [2.45, 2.75) is 19.9 Å². The van der Waals surface area contributed by atoms with Gasteiger partial charge in [-0.05, 0) is 47.7 Å². The molecule has 4 rings (SSSR count). The Morgan fingerprint density at radius 1 is 1.23 bits per heavy atom. The molecule has 0 unspecified atom stereocenters. The summed E-state index contributed by atoms with van der Waals surface area (Å²) in [5, 5.41) is 6.81. The quantitative estimate of drug-likeness (QED) is 0.787. The fraction of sp³-hybridized carbons (Fsp3) is 0.333. The lowest BCUT2D eigenvalue weighted by atomic mass is 10.00. The molecule has 1 aliphatic heterocycles. The zero-order valence-corrected chi connectivity index (χ0v) is 15.1. The lowest BCUT2D eigenvalue weighted by Crippen LogP contribution is -2.28. The Hall–Kier alpha value is -2.66. The van der Waals surface area contributed by atoms with Crippen molar-refractivity contribution >= 4 is 16.5 Å². The fourth-order valence-corrected chi connectivity index (χ4v) is 3.78. The molecule has 3 aromatic rings. The van der Waals surface area contributed by atoms with Crippen LogP contribution in [-0.2, 0) is 6.54 Å². The molecule has 0 bridgehead atoms. The highest BCUT2D eigenvalue weighted by Gasteiger charge is 2.22. The number of anilines is 1. The molecule has 1 aromatic heterocycles. The standard InChI is InChI=1S/C21H24N4O/c1-15-6-7-17-4-2-3-5-19(17)20(15)14-25-21(26)10-18(12-23-25)24-9-8-16(11-22)13-24/h2-7,10,12,16H,8-9,11,13-14,22H2,1H3/t16-/m0/s1. The first kappa shape index (κ1) is 16.8. The van der Waals surface area contributed by atoms with Crippen LogP contribution < -0.4 is 16.2 Å². The fourth-order valence-electron chi connectivity index (χ4n) is 3.78. The molecule has 2 heterocycles. The van der Waals surface area contributed by atoms with Crippen molar-refractivity contribution in [3.05, 3.63) is 70.1 Å². The van der Waals surface area contributed by atoms with Gasteiger partial charge in [0, 0.05) is 19.2 Å². The summed E-state index contributed by atoms with van der Waals surface area (Å²) in [5.74, 6) is 0.510. The van der Waals surface area contributed by atoms with Gasteiger partial charge in [0.25, 0.3) is 5.56 Å². The van der Waals surface area contributed by atoms with Crippen LogP contribution in [0.2, 0.25) is 0 Å². The number of aromatic nitrogens is 2. The number of nitrogens with zero attached hydrogens (tertiary/aromatic N) is 3. The van der Waals surface area contributed by atoms with Crippen molar-refractivity contribution in [2.24, 2.45) is 11.7 Å². The maximum Gasteiger partial charge on any atom is 0.269 e. The average Bonchev–Trinajstić information content (AvgIpc) is 3.14. The van der Waals surface area contributed by atoms with Crippen molar-refractivity contribution in [2.75, 3.05) is 24.5 Å². The van der Waals surface area contributed by atoms with Gasteiger partial charge in [-0.25, -0.2) is 4.68 Å². The van der Waals surface area contributed by atoms with Crippen LogP contribution in [0.3, 0.4) is 0 Å². The summed E-state index contributed by atoms with van der Waals surface area (Å²) in [6.45, 7) is 5.11. The molecule has 2 N–H and O–H groups in total. The minimum atomic E-state index is -0.0639. The minimum Gasteiger partial charge on any atom is -0.370 e. The van der Waals surface area contributed by atoms with Crippen LogP contribution >= 0.6 is 0 Å². The Labute approximate surface area is 153 Å². The number of nitrogens with two attached hydrogens (primary N) is 1. The molecule has 0 saturated carbocycles. The Kier molecular flexibility index (Phi) is 4.47. The van der Waals surface area contributed by atoms with Gasteiger partial charge in [-0.2, -0.15) is 5.10 Å². The van der Waals surface area contributed by atoms with Crippen LogP contribution in [-0.4, -0.2) is 29.4 Å². The van der Waals surface area contributed by atoms with Gasteiger partial charge < -0.3 is 10.6 Å². The van der Waals surface area contributed by atoms with E-state index >= 15 is 0 Å². The van der Waals surface area contributed by atoms with Crippen molar-refractivity contribution in [3.8, 4) is 0 Å². The highest BCUT2D eigenvalue weighted by molar-refractivity contribution is 5.86. The molecule has 5 nitrogen and oxygen atoms in total. The van der Waals surface area contributed by atoms with Crippen LogP contribution in [0.5, 0.6) is 0 Å². The molecule has 26 heavy (non-hydrogen) atoms. The lowest BCUT2D eigenvalue weighted by Gasteiger charge is -2.18. The van der Waals surface area contributed by atoms with Gasteiger partial charge in [-0.1, -0.05) is 36.4 Å². The van der Waals surface area contributed by atoms with Crippen molar-refractivity contribution in [1.29, 1.82) is 0 Å². The predicted octanol–water partition coefficient (Wildman–Crippen LogP) is 2.54. The molecule has 1 atom stereocenters. The van der Waals surface area contributed by atoms with Gasteiger partial charge in [0.2, 0.25) is 0 Å². The molecule has 5 heteroatoms. The number of benzene rings is 2. The second-order valence-electron chi connectivity index (χ2n) is 7.13. The highest BCUT2D eigenvalue weighted by atomic mass is 16.1. The third kappa shape index (κ3) is 3.10. The van der Waals surface area contributed by atoms with Crippen molar-refractivity contribution in [3.63, 3.8) is 0 Å². The van der Waals surface area contributed by atoms with Gasteiger partial charge in [-0.15, -0.1) is 0 Å². The van der Waals surface area contributed by atoms with Crippen LogP contribution in [0.25, 0.3) is 10.8 Å². The van der Waals surface area contributed by atoms with E-state index in [9.17, 15) is 4.79 Å². The summed E-state index contributed by atoms with van der Waals surface area (Å²) in [4.78, 5) is 14.9. The van der Waals surface area contributed by atoms with E-state index < -0.39 is 0 Å². The third-order valence-electron chi connectivity index (χ3n) is 5.42. The number of hydrogen-bond donors (Lipinski definition) is 1. The topological polar surface area (TPSA) is 64.2 Å². The zero-order chi connectivity index (χ0) is 18.1. The highest BCUT2D eigenvalue weighted by Crippen LogP contribution is 2.23. The van der Waals surface area contributed by atoms with Crippen LogP contribution in [0, 0.1) is 12.8 Å². The summed E-state index contributed by atoms with van der Waals surface area (Å²) in [6.07, 6.45) is 2.88. The average molecular weight is 348 g/mol. The summed E-state index contributed by atoms with van der Waals surface area (Å²) >= 11 is 0. The first-order chi connectivity index (χ1) is 12.7. The van der Waals surface area contributed by atoms with E-state index in [4.69, 9.17) is 5.73 Å². The van der Waals surface area contributed by atoms with Gasteiger partial charge >= 0.3 is 0 Å². The van der Waals surface area contributed by atoms with Gasteiger partial charge in [0.1, 0.15) is 0 Å². The number of fused-ring (bicyclic) bond motifs is 1. The SMILES string of the molecule is Cc1ccc2ccccc2c1Cn1ncc(N2CC[C@@H](CN)C2)cc1=O. The van der Waals surface area contributed by atoms with Gasteiger partial charge in [0.15, 0.2) is 0 Å². The second-order valence-corrected chi connectivity index (χ2v) is 7.13. The molecular weight excluding hydrogens is 324 g/mol. The smallest absolute Gasteiger partial charge is 0.269 e. The second kappa shape index (κ2) is 6.92.